The normalized spacial score (nSPS) is 14.0. The third-order valence-electron chi connectivity index (χ3n) is 5.07. The molecule has 2 aromatic heterocycles. The number of nitrogens with one attached hydrogen (secondary N) is 1. The average molecular weight is 392 g/mol. The molecular formula is C22H24N4O3. The molecule has 150 valence electrons. The molecule has 0 atom stereocenters. The number of rotatable bonds is 6. The Labute approximate surface area is 169 Å². The molecule has 0 bridgehead atoms. The van der Waals surface area contributed by atoms with Crippen molar-refractivity contribution in [1.82, 2.24) is 10.3 Å². The predicted octanol–water partition coefficient (Wildman–Crippen LogP) is 2.94. The second-order valence-electron chi connectivity index (χ2n) is 6.87. The van der Waals surface area contributed by atoms with Gasteiger partial charge in [0.1, 0.15) is 11.5 Å². The minimum atomic E-state index is -0.160. The molecule has 1 amide bonds. The summed E-state index contributed by atoms with van der Waals surface area (Å²) >= 11 is 0. The Bertz CT molecular complexity index is 933. The number of amides is 1. The number of hydrogen-bond donors (Lipinski definition) is 1. The summed E-state index contributed by atoms with van der Waals surface area (Å²) in [4.78, 5) is 21.3. The van der Waals surface area contributed by atoms with Crippen molar-refractivity contribution in [3.8, 4) is 5.75 Å². The summed E-state index contributed by atoms with van der Waals surface area (Å²) in [7, 11) is 1.67. The zero-order chi connectivity index (χ0) is 20.1. The summed E-state index contributed by atoms with van der Waals surface area (Å²) in [6, 6.07) is 13.7. The highest BCUT2D eigenvalue weighted by Gasteiger charge is 2.19. The zero-order valence-electron chi connectivity index (χ0n) is 16.4. The van der Waals surface area contributed by atoms with Gasteiger partial charge >= 0.3 is 0 Å². The fraction of sp³-hybridized carbons (Fsp3) is 0.273. The van der Waals surface area contributed by atoms with E-state index in [0.29, 0.717) is 12.1 Å². The Balaban J connectivity index is 1.35. The van der Waals surface area contributed by atoms with Gasteiger partial charge in [-0.15, -0.1) is 0 Å². The largest absolute Gasteiger partial charge is 0.497 e. The topological polar surface area (TPSA) is 70.8 Å². The maximum Gasteiger partial charge on any atom is 0.253 e. The summed E-state index contributed by atoms with van der Waals surface area (Å²) in [5.41, 5.74) is 2.70. The number of carbonyl (C=O) groups excluding carboxylic acids is 1. The minimum Gasteiger partial charge on any atom is -0.497 e. The minimum absolute atomic E-state index is 0.160. The van der Waals surface area contributed by atoms with E-state index >= 15 is 0 Å². The SMILES string of the molecule is COc1ccc(N2CCN(c3cncc(C(=O)NCc4ccco4)c3)CC2)cc1. The molecule has 4 rings (SSSR count). The van der Waals surface area contributed by atoms with E-state index in [1.165, 1.54) is 5.69 Å². The zero-order valence-corrected chi connectivity index (χ0v) is 16.4. The first-order chi connectivity index (χ1) is 14.2. The lowest BCUT2D eigenvalue weighted by Gasteiger charge is -2.37. The van der Waals surface area contributed by atoms with Crippen molar-refractivity contribution in [1.29, 1.82) is 0 Å². The highest BCUT2D eigenvalue weighted by Crippen LogP contribution is 2.23. The average Bonchev–Trinajstić information content (AvgIpc) is 3.31. The quantitative estimate of drug-likeness (QED) is 0.696. The van der Waals surface area contributed by atoms with E-state index in [1.54, 1.807) is 25.6 Å². The molecule has 1 aliphatic rings. The Hall–Kier alpha value is -3.48. The Kier molecular flexibility index (Phi) is 5.65. The van der Waals surface area contributed by atoms with Gasteiger partial charge in [0.25, 0.3) is 5.91 Å². The first-order valence-corrected chi connectivity index (χ1v) is 9.62. The van der Waals surface area contributed by atoms with Crippen LogP contribution in [0.5, 0.6) is 5.75 Å². The summed E-state index contributed by atoms with van der Waals surface area (Å²) in [5.74, 6) is 1.42. The first-order valence-electron chi connectivity index (χ1n) is 9.62. The number of pyridine rings is 1. The monoisotopic (exact) mass is 392 g/mol. The molecule has 1 fully saturated rings. The maximum absolute atomic E-state index is 12.4. The second kappa shape index (κ2) is 8.68. The highest BCUT2D eigenvalue weighted by molar-refractivity contribution is 5.94. The van der Waals surface area contributed by atoms with Crippen LogP contribution in [0.3, 0.4) is 0 Å². The van der Waals surface area contributed by atoms with E-state index in [4.69, 9.17) is 9.15 Å². The second-order valence-corrected chi connectivity index (χ2v) is 6.87. The fourth-order valence-corrected chi connectivity index (χ4v) is 3.42. The number of anilines is 2. The molecule has 7 heteroatoms. The van der Waals surface area contributed by atoms with Crippen LogP contribution in [-0.2, 0) is 6.54 Å². The van der Waals surface area contributed by atoms with Crippen molar-refractivity contribution in [2.45, 2.75) is 6.54 Å². The number of piperazine rings is 1. The van der Waals surface area contributed by atoms with E-state index in [9.17, 15) is 4.79 Å². The molecule has 7 nitrogen and oxygen atoms in total. The van der Waals surface area contributed by atoms with E-state index in [2.05, 4.69) is 32.2 Å². The number of ether oxygens (including phenoxy) is 1. The van der Waals surface area contributed by atoms with Crippen LogP contribution in [0.15, 0.2) is 65.5 Å². The van der Waals surface area contributed by atoms with Crippen molar-refractivity contribution in [3.05, 3.63) is 72.4 Å². The fourth-order valence-electron chi connectivity index (χ4n) is 3.42. The molecule has 3 heterocycles. The van der Waals surface area contributed by atoms with Gasteiger partial charge in [-0.2, -0.15) is 0 Å². The predicted molar refractivity (Wildman–Crippen MR) is 112 cm³/mol. The van der Waals surface area contributed by atoms with Gasteiger partial charge in [0.15, 0.2) is 0 Å². The van der Waals surface area contributed by atoms with Gasteiger partial charge in [-0.1, -0.05) is 0 Å². The number of hydrogen-bond acceptors (Lipinski definition) is 6. The molecule has 29 heavy (non-hydrogen) atoms. The highest BCUT2D eigenvalue weighted by atomic mass is 16.5. The Morgan fingerprint density at radius 2 is 1.79 bits per heavy atom. The number of methoxy groups -OCH3 is 1. The van der Waals surface area contributed by atoms with Gasteiger partial charge in [-0.25, -0.2) is 0 Å². The molecule has 0 saturated carbocycles. The van der Waals surface area contributed by atoms with E-state index in [-0.39, 0.29) is 5.91 Å². The van der Waals surface area contributed by atoms with Crippen molar-refractivity contribution in [3.63, 3.8) is 0 Å². The lowest BCUT2D eigenvalue weighted by Crippen LogP contribution is -2.46. The van der Waals surface area contributed by atoms with Crippen LogP contribution in [-0.4, -0.2) is 44.2 Å². The van der Waals surface area contributed by atoms with Crippen molar-refractivity contribution in [2.24, 2.45) is 0 Å². The van der Waals surface area contributed by atoms with Gasteiger partial charge in [0.05, 0.1) is 37.4 Å². The van der Waals surface area contributed by atoms with E-state index in [0.717, 1.165) is 43.4 Å². The number of nitrogens with zero attached hydrogens (tertiary/aromatic N) is 3. The Morgan fingerprint density at radius 3 is 2.45 bits per heavy atom. The molecule has 0 radical (unpaired) electrons. The van der Waals surface area contributed by atoms with Crippen LogP contribution >= 0.6 is 0 Å². The van der Waals surface area contributed by atoms with Crippen LogP contribution in [0.4, 0.5) is 11.4 Å². The van der Waals surface area contributed by atoms with Gasteiger partial charge in [-0.3, -0.25) is 9.78 Å². The molecule has 1 aliphatic heterocycles. The van der Waals surface area contributed by atoms with Gasteiger partial charge in [-0.05, 0) is 42.5 Å². The first kappa shape index (κ1) is 18.9. The van der Waals surface area contributed by atoms with Gasteiger partial charge in [0.2, 0.25) is 0 Å². The Morgan fingerprint density at radius 1 is 1.07 bits per heavy atom. The van der Waals surface area contributed by atoms with Gasteiger partial charge in [0, 0.05) is 38.1 Å². The lowest BCUT2D eigenvalue weighted by molar-refractivity contribution is 0.0947. The number of benzene rings is 1. The smallest absolute Gasteiger partial charge is 0.253 e. The maximum atomic E-state index is 12.4. The van der Waals surface area contributed by atoms with Crippen molar-refractivity contribution in [2.75, 3.05) is 43.1 Å². The summed E-state index contributed by atoms with van der Waals surface area (Å²) < 4.78 is 10.5. The number of carbonyl (C=O) groups is 1. The lowest BCUT2D eigenvalue weighted by atomic mass is 10.2. The molecule has 0 unspecified atom stereocenters. The van der Waals surface area contributed by atoms with Crippen LogP contribution in [0.2, 0.25) is 0 Å². The van der Waals surface area contributed by atoms with Crippen LogP contribution < -0.4 is 19.9 Å². The molecule has 0 spiro atoms. The summed E-state index contributed by atoms with van der Waals surface area (Å²) in [6.45, 7) is 3.90. The van der Waals surface area contributed by atoms with E-state index in [1.807, 2.05) is 30.5 Å². The summed E-state index contributed by atoms with van der Waals surface area (Å²) in [5, 5.41) is 2.86. The molecule has 0 aliphatic carbocycles. The number of aromatic nitrogens is 1. The molecule has 3 aromatic rings. The molecular weight excluding hydrogens is 368 g/mol. The van der Waals surface area contributed by atoms with Crippen LogP contribution in [0.25, 0.3) is 0 Å². The third kappa shape index (κ3) is 4.51. The number of furan rings is 1. The molecule has 1 saturated heterocycles. The van der Waals surface area contributed by atoms with Crippen molar-refractivity contribution < 1.29 is 13.9 Å². The third-order valence-corrected chi connectivity index (χ3v) is 5.07. The summed E-state index contributed by atoms with van der Waals surface area (Å²) in [6.07, 6.45) is 5.00. The van der Waals surface area contributed by atoms with Crippen LogP contribution in [0.1, 0.15) is 16.1 Å². The van der Waals surface area contributed by atoms with Crippen molar-refractivity contribution >= 4 is 17.3 Å². The van der Waals surface area contributed by atoms with Gasteiger partial charge < -0.3 is 24.3 Å². The van der Waals surface area contributed by atoms with E-state index < -0.39 is 0 Å². The van der Waals surface area contributed by atoms with Crippen LogP contribution in [0, 0.1) is 0 Å². The molecule has 1 aromatic carbocycles. The standard InChI is InChI=1S/C22H24N4O3/c1-28-20-6-4-18(5-7-20)25-8-10-26(11-9-25)19-13-17(14-23-15-19)22(27)24-16-21-3-2-12-29-21/h2-7,12-15H,8-11,16H2,1H3,(H,24,27). The molecule has 1 N–H and O–H groups in total.